The number of anilines is 3. The van der Waals surface area contributed by atoms with Crippen molar-refractivity contribution in [2.75, 3.05) is 4.90 Å². The van der Waals surface area contributed by atoms with Gasteiger partial charge >= 0.3 is 5.97 Å². The van der Waals surface area contributed by atoms with Gasteiger partial charge in [-0.05, 0) is 84.5 Å². The van der Waals surface area contributed by atoms with Gasteiger partial charge in [0.1, 0.15) is 0 Å². The summed E-state index contributed by atoms with van der Waals surface area (Å²) in [5.74, 6) is -0.825. The second-order valence-corrected chi connectivity index (χ2v) is 10.2. The van der Waals surface area contributed by atoms with E-state index in [1.54, 1.807) is 6.08 Å². The lowest BCUT2D eigenvalue weighted by Gasteiger charge is -2.29. The summed E-state index contributed by atoms with van der Waals surface area (Å²) in [5.41, 5.74) is 11.4. The standard InChI is InChI=1S/C37H33NO2/c1-26-24-27(2)37(28(3)25-26)38(33-19-14-29(15-20-33)16-23-35(39)40)34-21-17-32(18-22-34)36(30-10-6-4-7-11-30)31-12-8-5-9-13-31/h4-25,36H,1-3H3,(H,39,40)/b23-16+. The molecular formula is C37H33NO2. The summed E-state index contributed by atoms with van der Waals surface area (Å²) < 4.78 is 0. The molecule has 0 radical (unpaired) electrons. The number of benzene rings is 5. The highest BCUT2D eigenvalue weighted by molar-refractivity contribution is 5.86. The average molecular weight is 524 g/mol. The van der Waals surface area contributed by atoms with E-state index < -0.39 is 5.97 Å². The number of nitrogens with zero attached hydrogens (tertiary/aromatic N) is 1. The van der Waals surface area contributed by atoms with Crippen molar-refractivity contribution >= 4 is 29.1 Å². The maximum absolute atomic E-state index is 11.0. The Morgan fingerprint density at radius 1 is 0.650 bits per heavy atom. The highest BCUT2D eigenvalue weighted by Gasteiger charge is 2.20. The number of carboxylic acids is 1. The summed E-state index contributed by atoms with van der Waals surface area (Å²) in [5, 5.41) is 9.01. The summed E-state index contributed by atoms with van der Waals surface area (Å²) >= 11 is 0. The van der Waals surface area contributed by atoms with Crippen LogP contribution >= 0.6 is 0 Å². The van der Waals surface area contributed by atoms with E-state index in [4.69, 9.17) is 5.11 Å². The van der Waals surface area contributed by atoms with Gasteiger partial charge in [0.2, 0.25) is 0 Å². The molecule has 3 heteroatoms. The Balaban J connectivity index is 1.60. The molecule has 5 aromatic rings. The van der Waals surface area contributed by atoms with Crippen molar-refractivity contribution in [3.8, 4) is 0 Å². The zero-order valence-corrected chi connectivity index (χ0v) is 23.1. The first kappa shape index (κ1) is 26.7. The summed E-state index contributed by atoms with van der Waals surface area (Å²) in [7, 11) is 0. The molecule has 5 aromatic carbocycles. The lowest BCUT2D eigenvalue weighted by molar-refractivity contribution is -0.131. The van der Waals surface area contributed by atoms with Crippen LogP contribution in [0.2, 0.25) is 0 Å². The Morgan fingerprint density at radius 2 is 1.10 bits per heavy atom. The van der Waals surface area contributed by atoms with Gasteiger partial charge in [-0.2, -0.15) is 0 Å². The highest BCUT2D eigenvalue weighted by Crippen LogP contribution is 2.40. The maximum Gasteiger partial charge on any atom is 0.328 e. The Bertz CT molecular complexity index is 1560. The van der Waals surface area contributed by atoms with E-state index in [0.717, 1.165) is 28.7 Å². The number of rotatable bonds is 8. The predicted molar refractivity (Wildman–Crippen MR) is 166 cm³/mol. The maximum atomic E-state index is 11.0. The van der Waals surface area contributed by atoms with Crippen LogP contribution in [0.5, 0.6) is 0 Å². The van der Waals surface area contributed by atoms with E-state index >= 15 is 0 Å². The Kier molecular flexibility index (Phi) is 7.93. The summed E-state index contributed by atoms with van der Waals surface area (Å²) in [6.07, 6.45) is 2.77. The molecule has 0 aliphatic rings. The van der Waals surface area contributed by atoms with E-state index in [2.05, 4.69) is 123 Å². The third-order valence-electron chi connectivity index (χ3n) is 7.18. The highest BCUT2D eigenvalue weighted by atomic mass is 16.4. The zero-order chi connectivity index (χ0) is 28.1. The minimum absolute atomic E-state index is 0.132. The molecule has 3 nitrogen and oxygen atoms in total. The molecule has 0 aliphatic carbocycles. The van der Waals surface area contributed by atoms with E-state index in [-0.39, 0.29) is 5.92 Å². The van der Waals surface area contributed by atoms with Crippen molar-refractivity contribution < 1.29 is 9.90 Å². The second-order valence-electron chi connectivity index (χ2n) is 10.2. The van der Waals surface area contributed by atoms with Crippen molar-refractivity contribution in [2.24, 2.45) is 0 Å². The lowest BCUT2D eigenvalue weighted by Crippen LogP contribution is -2.13. The molecule has 0 aliphatic heterocycles. The van der Waals surface area contributed by atoms with Gasteiger partial charge in [-0.15, -0.1) is 0 Å². The Hall–Kier alpha value is -4.89. The van der Waals surface area contributed by atoms with Crippen molar-refractivity contribution in [3.05, 3.63) is 166 Å². The van der Waals surface area contributed by atoms with Gasteiger partial charge in [0.15, 0.2) is 0 Å². The Morgan fingerprint density at radius 3 is 1.57 bits per heavy atom. The first-order valence-electron chi connectivity index (χ1n) is 13.5. The van der Waals surface area contributed by atoms with Gasteiger partial charge in [-0.3, -0.25) is 0 Å². The average Bonchev–Trinajstić information content (AvgIpc) is 2.96. The third-order valence-corrected chi connectivity index (χ3v) is 7.18. The molecule has 198 valence electrons. The molecule has 5 rings (SSSR count). The quantitative estimate of drug-likeness (QED) is 0.163. The molecule has 0 aromatic heterocycles. The largest absolute Gasteiger partial charge is 0.478 e. The summed E-state index contributed by atoms with van der Waals surface area (Å²) in [6, 6.07) is 42.6. The van der Waals surface area contributed by atoms with Gasteiger partial charge in [0.25, 0.3) is 0 Å². The topological polar surface area (TPSA) is 40.5 Å². The van der Waals surface area contributed by atoms with Gasteiger partial charge in [0, 0.05) is 23.4 Å². The van der Waals surface area contributed by atoms with Crippen LogP contribution in [-0.2, 0) is 4.79 Å². The smallest absolute Gasteiger partial charge is 0.328 e. The van der Waals surface area contributed by atoms with Gasteiger partial charge in [0.05, 0.1) is 5.69 Å². The van der Waals surface area contributed by atoms with Crippen LogP contribution in [0.15, 0.2) is 127 Å². The van der Waals surface area contributed by atoms with Crippen LogP contribution in [0.4, 0.5) is 17.1 Å². The number of carboxylic acid groups (broad SMARTS) is 1. The minimum atomic E-state index is -0.957. The SMILES string of the molecule is Cc1cc(C)c(N(c2ccc(/C=C/C(=O)O)cc2)c2ccc(C(c3ccccc3)c3ccccc3)cc2)c(C)c1. The van der Waals surface area contributed by atoms with Crippen LogP contribution < -0.4 is 4.90 Å². The van der Waals surface area contributed by atoms with Crippen LogP contribution in [0.25, 0.3) is 6.08 Å². The number of aryl methyl sites for hydroxylation is 3. The molecule has 0 saturated carbocycles. The fraction of sp³-hybridized carbons (Fsp3) is 0.108. The molecule has 0 amide bonds. The molecule has 0 saturated heterocycles. The first-order chi connectivity index (χ1) is 19.4. The second kappa shape index (κ2) is 11.9. The van der Waals surface area contributed by atoms with E-state index in [9.17, 15) is 4.79 Å². The molecule has 0 bridgehead atoms. The van der Waals surface area contributed by atoms with Gasteiger partial charge in [-0.1, -0.05) is 103 Å². The number of carbonyl (C=O) groups is 1. The molecule has 0 atom stereocenters. The summed E-state index contributed by atoms with van der Waals surface area (Å²) in [6.45, 7) is 6.43. The van der Waals surface area contributed by atoms with Gasteiger partial charge in [-0.25, -0.2) is 4.79 Å². The molecule has 0 fully saturated rings. The molecule has 40 heavy (non-hydrogen) atoms. The monoisotopic (exact) mass is 523 g/mol. The normalized spacial score (nSPS) is 11.2. The van der Waals surface area contributed by atoms with Crippen molar-refractivity contribution in [3.63, 3.8) is 0 Å². The number of hydrogen-bond acceptors (Lipinski definition) is 2. The molecule has 0 spiro atoms. The molecule has 0 unspecified atom stereocenters. The fourth-order valence-electron chi connectivity index (χ4n) is 5.52. The van der Waals surface area contributed by atoms with E-state index in [0.29, 0.717) is 0 Å². The molecule has 1 N–H and O–H groups in total. The fourth-order valence-corrected chi connectivity index (χ4v) is 5.52. The third kappa shape index (κ3) is 5.89. The number of hydrogen-bond donors (Lipinski definition) is 1. The van der Waals surface area contributed by atoms with Crippen molar-refractivity contribution in [1.29, 1.82) is 0 Å². The van der Waals surface area contributed by atoms with Gasteiger partial charge < -0.3 is 10.0 Å². The molecule has 0 heterocycles. The van der Waals surface area contributed by atoms with Crippen molar-refractivity contribution in [2.45, 2.75) is 26.7 Å². The minimum Gasteiger partial charge on any atom is -0.478 e. The van der Waals surface area contributed by atoms with Crippen molar-refractivity contribution in [1.82, 2.24) is 0 Å². The predicted octanol–water partition coefficient (Wildman–Crippen LogP) is 9.36. The Labute approximate surface area is 236 Å². The zero-order valence-electron chi connectivity index (χ0n) is 23.1. The summed E-state index contributed by atoms with van der Waals surface area (Å²) in [4.78, 5) is 13.3. The van der Waals surface area contributed by atoms with Crippen LogP contribution in [0, 0.1) is 20.8 Å². The van der Waals surface area contributed by atoms with Crippen LogP contribution in [0.1, 0.15) is 44.9 Å². The lowest BCUT2D eigenvalue weighted by atomic mass is 9.85. The molecular weight excluding hydrogens is 490 g/mol. The van der Waals surface area contributed by atoms with Crippen LogP contribution in [-0.4, -0.2) is 11.1 Å². The van der Waals surface area contributed by atoms with E-state index in [1.807, 2.05) is 24.3 Å². The van der Waals surface area contributed by atoms with E-state index in [1.165, 1.54) is 33.4 Å². The first-order valence-corrected chi connectivity index (χ1v) is 13.5. The van der Waals surface area contributed by atoms with Crippen LogP contribution in [0.3, 0.4) is 0 Å². The number of aliphatic carboxylic acids is 1.